The molecule has 3 aliphatic rings. The minimum atomic E-state index is -0.926. The first-order chi connectivity index (χ1) is 12.5. The molecule has 1 aromatic rings. The Bertz CT molecular complexity index is 736. The number of carbonyl (C=O) groups excluding carboxylic acids is 1. The van der Waals surface area contributed by atoms with Crippen molar-refractivity contribution in [1.29, 1.82) is 0 Å². The highest BCUT2D eigenvalue weighted by atomic mass is 35.5. The molecule has 0 unspecified atom stereocenters. The van der Waals surface area contributed by atoms with Crippen LogP contribution >= 0.6 is 23.2 Å². The van der Waals surface area contributed by atoms with Gasteiger partial charge in [0.2, 0.25) is 5.91 Å². The van der Waals surface area contributed by atoms with Gasteiger partial charge in [-0.05, 0) is 31.0 Å². The van der Waals surface area contributed by atoms with Crippen LogP contribution in [-0.2, 0) is 14.3 Å². The molecule has 0 radical (unpaired) electrons. The fourth-order valence-electron chi connectivity index (χ4n) is 4.38. The second-order valence-corrected chi connectivity index (χ2v) is 7.91. The van der Waals surface area contributed by atoms with Gasteiger partial charge < -0.3 is 19.6 Å². The first-order valence-electron chi connectivity index (χ1n) is 8.83. The smallest absolute Gasteiger partial charge is 0.310 e. The Morgan fingerprint density at radius 3 is 2.27 bits per heavy atom. The quantitative estimate of drug-likeness (QED) is 0.846. The van der Waals surface area contributed by atoms with Gasteiger partial charge in [0.05, 0.1) is 34.1 Å². The average Bonchev–Trinajstić information content (AvgIpc) is 3.25. The minimum absolute atomic E-state index is 0.0848. The van der Waals surface area contributed by atoms with E-state index >= 15 is 0 Å². The molecule has 3 heterocycles. The van der Waals surface area contributed by atoms with Gasteiger partial charge in [0.1, 0.15) is 0 Å². The SMILES string of the molecule is O=C(O)[C@@H]1[C@@H](C(=O)N2CCN(c3ccc(Cl)c(Cl)c3)CC2)[C@H]2CC[C@@H]1O2. The van der Waals surface area contributed by atoms with E-state index in [-0.39, 0.29) is 18.1 Å². The topological polar surface area (TPSA) is 70.1 Å². The Morgan fingerprint density at radius 2 is 1.65 bits per heavy atom. The van der Waals surface area contributed by atoms with Crippen LogP contribution in [0.3, 0.4) is 0 Å². The third-order valence-corrected chi connectivity index (χ3v) is 6.44. The van der Waals surface area contributed by atoms with Crippen LogP contribution in [0.15, 0.2) is 18.2 Å². The summed E-state index contributed by atoms with van der Waals surface area (Å²) in [4.78, 5) is 28.5. The van der Waals surface area contributed by atoms with E-state index in [4.69, 9.17) is 27.9 Å². The molecule has 0 spiro atoms. The van der Waals surface area contributed by atoms with E-state index in [0.717, 1.165) is 18.5 Å². The Morgan fingerprint density at radius 1 is 1.00 bits per heavy atom. The lowest BCUT2D eigenvalue weighted by Gasteiger charge is -2.38. The molecule has 8 heteroatoms. The van der Waals surface area contributed by atoms with Gasteiger partial charge in [-0.3, -0.25) is 9.59 Å². The molecule has 3 fully saturated rings. The van der Waals surface area contributed by atoms with Crippen molar-refractivity contribution in [1.82, 2.24) is 4.90 Å². The molecule has 2 bridgehead atoms. The monoisotopic (exact) mass is 398 g/mol. The Balaban J connectivity index is 1.42. The molecule has 0 aliphatic carbocycles. The van der Waals surface area contributed by atoms with Crippen molar-refractivity contribution in [3.05, 3.63) is 28.2 Å². The fourth-order valence-corrected chi connectivity index (χ4v) is 4.68. The van der Waals surface area contributed by atoms with Crippen molar-refractivity contribution in [2.45, 2.75) is 25.0 Å². The number of piperazine rings is 1. The zero-order chi connectivity index (χ0) is 18.4. The van der Waals surface area contributed by atoms with E-state index in [1.807, 2.05) is 12.1 Å². The molecule has 26 heavy (non-hydrogen) atoms. The van der Waals surface area contributed by atoms with Crippen LogP contribution < -0.4 is 4.90 Å². The van der Waals surface area contributed by atoms with E-state index < -0.39 is 17.8 Å². The van der Waals surface area contributed by atoms with Crippen molar-refractivity contribution < 1.29 is 19.4 Å². The highest BCUT2D eigenvalue weighted by Gasteiger charge is 2.56. The molecule has 4 rings (SSSR count). The van der Waals surface area contributed by atoms with Crippen LogP contribution in [0, 0.1) is 11.8 Å². The number of aliphatic carboxylic acids is 1. The van der Waals surface area contributed by atoms with E-state index in [0.29, 0.717) is 36.2 Å². The number of fused-ring (bicyclic) bond motifs is 2. The van der Waals surface area contributed by atoms with Crippen molar-refractivity contribution in [2.75, 3.05) is 31.1 Å². The van der Waals surface area contributed by atoms with E-state index in [2.05, 4.69) is 4.90 Å². The van der Waals surface area contributed by atoms with Crippen LogP contribution in [0.4, 0.5) is 5.69 Å². The van der Waals surface area contributed by atoms with E-state index in [9.17, 15) is 14.7 Å². The van der Waals surface area contributed by atoms with Crippen LogP contribution in [0.5, 0.6) is 0 Å². The molecule has 1 amide bonds. The maximum atomic E-state index is 13.0. The predicted molar refractivity (Wildman–Crippen MR) is 97.8 cm³/mol. The predicted octanol–water partition coefficient (Wildman–Crippen LogP) is 2.52. The highest BCUT2D eigenvalue weighted by Crippen LogP contribution is 2.44. The first-order valence-corrected chi connectivity index (χ1v) is 9.58. The molecule has 0 saturated carbocycles. The van der Waals surface area contributed by atoms with Gasteiger partial charge in [0.25, 0.3) is 0 Å². The van der Waals surface area contributed by atoms with E-state index in [1.54, 1.807) is 11.0 Å². The van der Waals surface area contributed by atoms with Crippen molar-refractivity contribution in [3.63, 3.8) is 0 Å². The molecule has 3 saturated heterocycles. The molecule has 6 nitrogen and oxygen atoms in total. The Labute approximate surface area is 161 Å². The van der Waals surface area contributed by atoms with Crippen LogP contribution in [0.1, 0.15) is 12.8 Å². The molecule has 140 valence electrons. The molecular formula is C18H20Cl2N2O4. The van der Waals surface area contributed by atoms with E-state index in [1.165, 1.54) is 0 Å². The van der Waals surface area contributed by atoms with Gasteiger partial charge in [0, 0.05) is 31.9 Å². The number of carbonyl (C=O) groups is 2. The average molecular weight is 399 g/mol. The van der Waals surface area contributed by atoms with Crippen LogP contribution in [-0.4, -0.2) is 60.3 Å². The third kappa shape index (κ3) is 3.04. The second-order valence-electron chi connectivity index (χ2n) is 7.09. The third-order valence-electron chi connectivity index (χ3n) is 5.70. The maximum Gasteiger partial charge on any atom is 0.310 e. The summed E-state index contributed by atoms with van der Waals surface area (Å²) in [6.07, 6.45) is 0.940. The number of halogens is 2. The van der Waals surface area contributed by atoms with Gasteiger partial charge >= 0.3 is 5.97 Å². The highest BCUT2D eigenvalue weighted by molar-refractivity contribution is 6.42. The fraction of sp³-hybridized carbons (Fsp3) is 0.556. The summed E-state index contributed by atoms with van der Waals surface area (Å²) in [5.74, 6) is -2.28. The summed E-state index contributed by atoms with van der Waals surface area (Å²) in [5.41, 5.74) is 0.971. The number of hydrogen-bond acceptors (Lipinski definition) is 4. The molecular weight excluding hydrogens is 379 g/mol. The molecule has 3 aliphatic heterocycles. The number of rotatable bonds is 3. The summed E-state index contributed by atoms with van der Waals surface area (Å²) >= 11 is 12.1. The lowest BCUT2D eigenvalue weighted by Crippen LogP contribution is -2.53. The molecule has 1 aromatic carbocycles. The summed E-state index contributed by atoms with van der Waals surface area (Å²) in [6, 6.07) is 5.50. The van der Waals surface area contributed by atoms with Gasteiger partial charge in [-0.2, -0.15) is 0 Å². The maximum absolute atomic E-state index is 13.0. The molecule has 1 N–H and O–H groups in total. The lowest BCUT2D eigenvalue weighted by atomic mass is 9.78. The summed E-state index contributed by atoms with van der Waals surface area (Å²) in [6.45, 7) is 2.45. The van der Waals surface area contributed by atoms with Crippen molar-refractivity contribution in [2.24, 2.45) is 11.8 Å². The molecule has 0 aromatic heterocycles. The number of nitrogens with zero attached hydrogens (tertiary/aromatic N) is 2. The Kier molecular flexibility index (Phi) is 4.75. The largest absolute Gasteiger partial charge is 0.481 e. The standard InChI is InChI=1S/C18H20Cl2N2O4/c19-11-2-1-10(9-12(11)20)21-5-7-22(8-6-21)17(23)15-13-3-4-14(26-13)16(15)18(24)25/h1-2,9,13-16H,3-8H2,(H,24,25)/t13-,14+,15+,16+/m1/s1. The van der Waals surface area contributed by atoms with Crippen LogP contribution in [0.25, 0.3) is 0 Å². The number of anilines is 1. The zero-order valence-electron chi connectivity index (χ0n) is 14.1. The number of benzene rings is 1. The van der Waals surface area contributed by atoms with Crippen molar-refractivity contribution in [3.8, 4) is 0 Å². The summed E-state index contributed by atoms with van der Waals surface area (Å²) < 4.78 is 5.72. The summed E-state index contributed by atoms with van der Waals surface area (Å²) in [7, 11) is 0. The minimum Gasteiger partial charge on any atom is -0.481 e. The second kappa shape index (κ2) is 6.91. The zero-order valence-corrected chi connectivity index (χ0v) is 15.6. The first kappa shape index (κ1) is 17.9. The Hall–Kier alpha value is -1.50. The normalized spacial score (nSPS) is 30.7. The number of carboxylic acids is 1. The molecule has 4 atom stereocenters. The van der Waals surface area contributed by atoms with Gasteiger partial charge in [-0.15, -0.1) is 0 Å². The summed E-state index contributed by atoms with van der Waals surface area (Å²) in [5, 5.41) is 10.5. The van der Waals surface area contributed by atoms with Crippen molar-refractivity contribution >= 4 is 40.8 Å². The number of hydrogen-bond donors (Lipinski definition) is 1. The van der Waals surface area contributed by atoms with Gasteiger partial charge in [-0.25, -0.2) is 0 Å². The number of ether oxygens (including phenoxy) is 1. The number of carboxylic acid groups (broad SMARTS) is 1. The lowest BCUT2D eigenvalue weighted by molar-refractivity contribution is -0.151. The van der Waals surface area contributed by atoms with Crippen LogP contribution in [0.2, 0.25) is 10.0 Å². The van der Waals surface area contributed by atoms with Gasteiger partial charge in [-0.1, -0.05) is 23.2 Å². The van der Waals surface area contributed by atoms with Gasteiger partial charge in [0.15, 0.2) is 0 Å². The number of amides is 1.